The van der Waals surface area contributed by atoms with Crippen LogP contribution in [0.3, 0.4) is 0 Å². The lowest BCUT2D eigenvalue weighted by atomic mass is 9.95. The van der Waals surface area contributed by atoms with E-state index in [2.05, 4.69) is 47.2 Å². The predicted octanol–water partition coefficient (Wildman–Crippen LogP) is 2.97. The molecule has 0 radical (unpaired) electrons. The van der Waals surface area contributed by atoms with Crippen molar-refractivity contribution < 1.29 is 4.79 Å². The second-order valence-corrected chi connectivity index (χ2v) is 7.16. The van der Waals surface area contributed by atoms with E-state index in [0.717, 1.165) is 23.7 Å². The van der Waals surface area contributed by atoms with Crippen LogP contribution in [0.15, 0.2) is 28.7 Å². The van der Waals surface area contributed by atoms with E-state index < -0.39 is 6.04 Å². The molecule has 1 aromatic rings. The second kappa shape index (κ2) is 6.27. The highest BCUT2D eigenvalue weighted by atomic mass is 79.9. The molecular formula is C16H23BrN2O. The van der Waals surface area contributed by atoms with Crippen molar-refractivity contribution in [1.29, 1.82) is 0 Å². The molecule has 1 fully saturated rings. The Balaban J connectivity index is 1.92. The van der Waals surface area contributed by atoms with Gasteiger partial charge < -0.3 is 11.1 Å². The molecule has 1 aliphatic rings. The highest BCUT2D eigenvalue weighted by Crippen LogP contribution is 2.48. The molecule has 0 aromatic heterocycles. The number of carbonyl (C=O) groups excluding carboxylic acids is 1. The molecule has 0 bridgehead atoms. The Labute approximate surface area is 129 Å². The van der Waals surface area contributed by atoms with Crippen molar-refractivity contribution in [2.75, 3.05) is 6.54 Å². The smallest absolute Gasteiger partial charge is 0.236 e. The maximum absolute atomic E-state index is 12.0. The van der Waals surface area contributed by atoms with Gasteiger partial charge in [0.1, 0.15) is 0 Å². The molecule has 1 amide bonds. The largest absolute Gasteiger partial charge is 0.354 e. The fourth-order valence-corrected chi connectivity index (χ4v) is 2.94. The Hall–Kier alpha value is -0.870. The van der Waals surface area contributed by atoms with Gasteiger partial charge in [0.05, 0.1) is 6.04 Å². The number of carbonyl (C=O) groups is 1. The monoisotopic (exact) mass is 338 g/mol. The molecule has 2 rings (SSSR count). The van der Waals surface area contributed by atoms with Crippen LogP contribution in [-0.4, -0.2) is 18.5 Å². The summed E-state index contributed by atoms with van der Waals surface area (Å²) in [5, 5.41) is 3.03. The Morgan fingerprint density at radius 1 is 1.45 bits per heavy atom. The summed E-state index contributed by atoms with van der Waals surface area (Å²) in [7, 11) is 0. The summed E-state index contributed by atoms with van der Waals surface area (Å²) in [4.78, 5) is 12.0. The third kappa shape index (κ3) is 3.83. The first-order chi connectivity index (χ1) is 9.43. The molecule has 0 saturated heterocycles. The van der Waals surface area contributed by atoms with E-state index >= 15 is 0 Å². The maximum Gasteiger partial charge on any atom is 0.236 e. The summed E-state index contributed by atoms with van der Waals surface area (Å²) in [5.74, 6) is 0.413. The van der Waals surface area contributed by atoms with Crippen LogP contribution in [-0.2, 0) is 10.2 Å². The first-order valence-corrected chi connectivity index (χ1v) is 8.01. The van der Waals surface area contributed by atoms with E-state index in [1.165, 1.54) is 5.56 Å². The molecule has 110 valence electrons. The van der Waals surface area contributed by atoms with Crippen LogP contribution in [0.25, 0.3) is 0 Å². The fourth-order valence-electron chi connectivity index (χ4n) is 2.54. The van der Waals surface area contributed by atoms with Crippen LogP contribution in [0.4, 0.5) is 0 Å². The van der Waals surface area contributed by atoms with Crippen LogP contribution in [0.1, 0.15) is 38.7 Å². The molecular weight excluding hydrogens is 316 g/mol. The number of rotatable bonds is 6. The second-order valence-electron chi connectivity index (χ2n) is 6.24. The van der Waals surface area contributed by atoms with Crippen LogP contribution >= 0.6 is 15.9 Å². The van der Waals surface area contributed by atoms with Gasteiger partial charge in [0.2, 0.25) is 5.91 Å². The summed E-state index contributed by atoms with van der Waals surface area (Å²) in [6, 6.07) is 7.96. The highest BCUT2D eigenvalue weighted by molar-refractivity contribution is 9.10. The van der Waals surface area contributed by atoms with Gasteiger partial charge in [0.15, 0.2) is 0 Å². The van der Waals surface area contributed by atoms with E-state index in [1.54, 1.807) is 0 Å². The Morgan fingerprint density at radius 2 is 2.15 bits per heavy atom. The molecule has 1 saturated carbocycles. The number of hydrogen-bond donors (Lipinski definition) is 2. The van der Waals surface area contributed by atoms with Crippen molar-refractivity contribution in [3.05, 3.63) is 34.3 Å². The number of nitrogens with one attached hydrogen (secondary N) is 1. The lowest BCUT2D eigenvalue weighted by Crippen LogP contribution is -2.44. The van der Waals surface area contributed by atoms with Crippen molar-refractivity contribution in [1.82, 2.24) is 5.32 Å². The topological polar surface area (TPSA) is 55.1 Å². The Kier molecular flexibility index (Phi) is 4.86. The molecule has 3 N–H and O–H groups in total. The zero-order chi connectivity index (χ0) is 14.8. The minimum atomic E-state index is -0.395. The minimum Gasteiger partial charge on any atom is -0.354 e. The molecule has 3 nitrogen and oxygen atoms in total. The molecule has 4 heteroatoms. The van der Waals surface area contributed by atoms with Gasteiger partial charge in [-0.15, -0.1) is 0 Å². The van der Waals surface area contributed by atoms with E-state index in [4.69, 9.17) is 5.73 Å². The Bertz CT molecular complexity index is 483. The first-order valence-electron chi connectivity index (χ1n) is 7.22. The third-order valence-corrected chi connectivity index (χ3v) is 4.45. The van der Waals surface area contributed by atoms with Gasteiger partial charge in [-0.2, -0.15) is 0 Å². The number of halogens is 1. The van der Waals surface area contributed by atoms with E-state index in [0.29, 0.717) is 12.5 Å². The van der Waals surface area contributed by atoms with Crippen molar-refractivity contribution >= 4 is 21.8 Å². The van der Waals surface area contributed by atoms with Gasteiger partial charge >= 0.3 is 0 Å². The van der Waals surface area contributed by atoms with E-state index in [-0.39, 0.29) is 11.3 Å². The summed E-state index contributed by atoms with van der Waals surface area (Å²) < 4.78 is 1.09. The summed E-state index contributed by atoms with van der Waals surface area (Å²) in [6.07, 6.45) is 2.99. The number of amides is 1. The summed E-state index contributed by atoms with van der Waals surface area (Å²) in [6.45, 7) is 4.85. The average Bonchev–Trinajstić information content (AvgIpc) is 3.16. The highest BCUT2D eigenvalue weighted by Gasteiger charge is 2.44. The normalized spacial score (nSPS) is 17.9. The average molecular weight is 339 g/mol. The molecule has 0 heterocycles. The number of hydrogen-bond acceptors (Lipinski definition) is 2. The van der Waals surface area contributed by atoms with Crippen molar-refractivity contribution in [2.24, 2.45) is 11.7 Å². The minimum absolute atomic E-state index is 0.0278. The zero-order valence-corrected chi connectivity index (χ0v) is 13.7. The lowest BCUT2D eigenvalue weighted by molar-refractivity contribution is -0.122. The van der Waals surface area contributed by atoms with Crippen LogP contribution in [0, 0.1) is 5.92 Å². The van der Waals surface area contributed by atoms with Crippen molar-refractivity contribution in [2.45, 2.75) is 44.6 Å². The molecule has 0 unspecified atom stereocenters. The lowest BCUT2D eigenvalue weighted by Gasteiger charge is -2.19. The van der Waals surface area contributed by atoms with Crippen molar-refractivity contribution in [3.63, 3.8) is 0 Å². The van der Waals surface area contributed by atoms with Gasteiger partial charge in [-0.25, -0.2) is 0 Å². The van der Waals surface area contributed by atoms with Gasteiger partial charge in [0.25, 0.3) is 0 Å². The van der Waals surface area contributed by atoms with Crippen LogP contribution in [0.5, 0.6) is 0 Å². The van der Waals surface area contributed by atoms with Crippen LogP contribution in [0.2, 0.25) is 0 Å². The molecule has 1 atom stereocenters. The van der Waals surface area contributed by atoms with Gasteiger partial charge in [-0.05, 0) is 42.9 Å². The van der Waals surface area contributed by atoms with E-state index in [9.17, 15) is 4.79 Å². The molecule has 20 heavy (non-hydrogen) atoms. The quantitative estimate of drug-likeness (QED) is 0.837. The molecule has 0 aliphatic heterocycles. The maximum atomic E-state index is 12.0. The van der Waals surface area contributed by atoms with Gasteiger partial charge in [-0.3, -0.25) is 4.79 Å². The summed E-state index contributed by atoms with van der Waals surface area (Å²) >= 11 is 3.51. The molecule has 1 aromatic carbocycles. The summed E-state index contributed by atoms with van der Waals surface area (Å²) in [5.41, 5.74) is 7.33. The third-order valence-electron chi connectivity index (χ3n) is 3.95. The zero-order valence-electron chi connectivity index (χ0n) is 12.2. The molecule has 0 spiro atoms. The standard InChI is InChI=1S/C16H23BrN2O/c1-11(2)8-14(18)15(20)19-10-16(6-7-16)12-4-3-5-13(17)9-12/h3-5,9,11,14H,6-8,10,18H2,1-2H3,(H,19,20)/t14-/m0/s1. The van der Waals surface area contributed by atoms with Gasteiger partial charge in [0, 0.05) is 16.4 Å². The number of benzene rings is 1. The van der Waals surface area contributed by atoms with Crippen molar-refractivity contribution in [3.8, 4) is 0 Å². The predicted molar refractivity (Wildman–Crippen MR) is 85.5 cm³/mol. The van der Waals surface area contributed by atoms with E-state index in [1.807, 2.05) is 12.1 Å². The SMILES string of the molecule is CC(C)C[C@H](N)C(=O)NCC1(c2cccc(Br)c2)CC1. The molecule has 1 aliphatic carbocycles. The Morgan fingerprint density at radius 3 is 2.70 bits per heavy atom. The fraction of sp³-hybridized carbons (Fsp3) is 0.562. The first kappa shape index (κ1) is 15.5. The number of nitrogens with two attached hydrogens (primary N) is 1. The van der Waals surface area contributed by atoms with Gasteiger partial charge in [-0.1, -0.05) is 41.9 Å². The van der Waals surface area contributed by atoms with Crippen LogP contribution < -0.4 is 11.1 Å².